The van der Waals surface area contributed by atoms with E-state index >= 15 is 0 Å². The van der Waals surface area contributed by atoms with Crippen LogP contribution in [0.3, 0.4) is 0 Å². The summed E-state index contributed by atoms with van der Waals surface area (Å²) in [4.78, 5) is 11.2. The fourth-order valence-corrected chi connectivity index (χ4v) is 2.70. The molecule has 0 spiro atoms. The van der Waals surface area contributed by atoms with Crippen molar-refractivity contribution in [2.45, 2.75) is 24.6 Å². The molecule has 0 bridgehead atoms. The van der Waals surface area contributed by atoms with Crippen molar-refractivity contribution in [2.24, 2.45) is 5.92 Å². The van der Waals surface area contributed by atoms with E-state index in [1.54, 1.807) is 0 Å². The minimum absolute atomic E-state index is 0.0644. The number of rotatable bonds is 3. The van der Waals surface area contributed by atoms with E-state index in [2.05, 4.69) is 21.2 Å². The quantitative estimate of drug-likeness (QED) is 0.792. The summed E-state index contributed by atoms with van der Waals surface area (Å²) in [6.07, 6.45) is 2.50. The van der Waals surface area contributed by atoms with Crippen molar-refractivity contribution in [3.8, 4) is 0 Å². The lowest BCUT2D eigenvalue weighted by Crippen LogP contribution is -2.34. The van der Waals surface area contributed by atoms with Crippen LogP contribution >= 0.6 is 27.7 Å². The molecule has 0 aromatic rings. The van der Waals surface area contributed by atoms with E-state index in [4.69, 9.17) is 0 Å². The molecule has 1 atom stereocenters. The lowest BCUT2D eigenvalue weighted by atomic mass is 10.0. The van der Waals surface area contributed by atoms with Crippen molar-refractivity contribution in [2.75, 3.05) is 18.1 Å². The number of amides is 1. The summed E-state index contributed by atoms with van der Waals surface area (Å²) in [6, 6.07) is 0. The molecule has 1 amide bonds. The third kappa shape index (κ3) is 4.36. The van der Waals surface area contributed by atoms with Gasteiger partial charge in [0.05, 0.1) is 4.83 Å². The van der Waals surface area contributed by atoms with Crippen molar-refractivity contribution in [1.82, 2.24) is 5.32 Å². The highest BCUT2D eigenvalue weighted by Crippen LogP contribution is 2.21. The van der Waals surface area contributed by atoms with Crippen LogP contribution in [0, 0.1) is 5.92 Å². The summed E-state index contributed by atoms with van der Waals surface area (Å²) in [5.41, 5.74) is 0. The Balaban J connectivity index is 2.13. The third-order valence-corrected chi connectivity index (χ3v) is 3.73. The first kappa shape index (κ1) is 11.4. The zero-order valence-corrected chi connectivity index (χ0v) is 10.3. The number of thioether (sulfide) groups is 1. The van der Waals surface area contributed by atoms with E-state index in [0.29, 0.717) is 5.92 Å². The van der Waals surface area contributed by atoms with Gasteiger partial charge in [0, 0.05) is 6.54 Å². The zero-order chi connectivity index (χ0) is 9.68. The van der Waals surface area contributed by atoms with Crippen LogP contribution in [0.1, 0.15) is 19.8 Å². The summed E-state index contributed by atoms with van der Waals surface area (Å²) in [6.45, 7) is 2.71. The van der Waals surface area contributed by atoms with Gasteiger partial charge in [0.25, 0.3) is 0 Å². The van der Waals surface area contributed by atoms with E-state index in [1.807, 2.05) is 18.7 Å². The number of hydrogen-bond acceptors (Lipinski definition) is 2. The van der Waals surface area contributed by atoms with E-state index < -0.39 is 0 Å². The molecule has 1 saturated heterocycles. The fraction of sp³-hybridized carbons (Fsp3) is 0.889. The number of nitrogens with one attached hydrogen (secondary N) is 1. The number of hydrogen-bond donors (Lipinski definition) is 1. The second kappa shape index (κ2) is 5.91. The molecule has 1 fully saturated rings. The second-order valence-electron chi connectivity index (χ2n) is 3.42. The Bertz CT molecular complexity index is 169. The van der Waals surface area contributed by atoms with Crippen LogP contribution in [-0.4, -0.2) is 28.8 Å². The van der Waals surface area contributed by atoms with Crippen LogP contribution in [0.5, 0.6) is 0 Å². The molecule has 4 heteroatoms. The lowest BCUT2D eigenvalue weighted by Gasteiger charge is -2.21. The van der Waals surface area contributed by atoms with E-state index in [0.717, 1.165) is 6.54 Å². The number of carbonyl (C=O) groups is 1. The highest BCUT2D eigenvalue weighted by molar-refractivity contribution is 9.10. The third-order valence-electron chi connectivity index (χ3n) is 2.27. The Morgan fingerprint density at radius 2 is 2.23 bits per heavy atom. The second-order valence-corrected chi connectivity index (χ2v) is 6.02. The first-order valence-electron chi connectivity index (χ1n) is 4.69. The average molecular weight is 266 g/mol. The molecule has 0 aromatic carbocycles. The van der Waals surface area contributed by atoms with Crippen molar-refractivity contribution < 1.29 is 4.79 Å². The van der Waals surface area contributed by atoms with Crippen molar-refractivity contribution in [1.29, 1.82) is 0 Å². The molecular formula is C9H16BrNOS. The normalized spacial score (nSPS) is 21.1. The molecule has 0 aromatic heterocycles. The van der Waals surface area contributed by atoms with Gasteiger partial charge < -0.3 is 5.32 Å². The molecule has 13 heavy (non-hydrogen) atoms. The van der Waals surface area contributed by atoms with Crippen molar-refractivity contribution >= 4 is 33.6 Å². The summed E-state index contributed by atoms with van der Waals surface area (Å²) in [7, 11) is 0. The van der Waals surface area contributed by atoms with Gasteiger partial charge in [-0.1, -0.05) is 15.9 Å². The minimum Gasteiger partial charge on any atom is -0.355 e. The maximum Gasteiger partial charge on any atom is 0.233 e. The van der Waals surface area contributed by atoms with Gasteiger partial charge >= 0.3 is 0 Å². The summed E-state index contributed by atoms with van der Waals surface area (Å²) < 4.78 is 0. The summed E-state index contributed by atoms with van der Waals surface area (Å²) >= 11 is 5.27. The molecule has 1 rings (SSSR count). The van der Waals surface area contributed by atoms with Gasteiger partial charge in [-0.3, -0.25) is 4.79 Å². The molecule has 0 radical (unpaired) electrons. The molecule has 1 aliphatic heterocycles. The van der Waals surface area contributed by atoms with Crippen LogP contribution in [0.2, 0.25) is 0 Å². The number of alkyl halides is 1. The Labute approximate surface area is 92.4 Å². The predicted molar refractivity (Wildman–Crippen MR) is 61.4 cm³/mol. The molecule has 1 unspecified atom stereocenters. The monoisotopic (exact) mass is 265 g/mol. The Kier molecular flexibility index (Phi) is 5.17. The zero-order valence-electron chi connectivity index (χ0n) is 7.88. The highest BCUT2D eigenvalue weighted by atomic mass is 79.9. The van der Waals surface area contributed by atoms with Gasteiger partial charge in [-0.2, -0.15) is 11.8 Å². The lowest BCUT2D eigenvalue weighted by molar-refractivity contribution is -0.120. The average Bonchev–Trinajstić information content (AvgIpc) is 2.15. The smallest absolute Gasteiger partial charge is 0.233 e. The maximum absolute atomic E-state index is 11.2. The van der Waals surface area contributed by atoms with Crippen LogP contribution in [-0.2, 0) is 4.79 Å². The van der Waals surface area contributed by atoms with Crippen LogP contribution < -0.4 is 5.32 Å². The molecule has 1 N–H and O–H groups in total. The van der Waals surface area contributed by atoms with Crippen molar-refractivity contribution in [3.63, 3.8) is 0 Å². The van der Waals surface area contributed by atoms with E-state index in [9.17, 15) is 4.79 Å². The van der Waals surface area contributed by atoms with Gasteiger partial charge in [0.15, 0.2) is 0 Å². The van der Waals surface area contributed by atoms with E-state index in [1.165, 1.54) is 24.3 Å². The molecule has 1 aliphatic rings. The van der Waals surface area contributed by atoms with Gasteiger partial charge in [0.2, 0.25) is 5.91 Å². The van der Waals surface area contributed by atoms with Crippen molar-refractivity contribution in [3.05, 3.63) is 0 Å². The first-order chi connectivity index (χ1) is 6.20. The van der Waals surface area contributed by atoms with Crippen LogP contribution in [0.4, 0.5) is 0 Å². The van der Waals surface area contributed by atoms with Gasteiger partial charge in [-0.25, -0.2) is 0 Å². The largest absolute Gasteiger partial charge is 0.355 e. The topological polar surface area (TPSA) is 29.1 Å². The fourth-order valence-electron chi connectivity index (χ4n) is 1.34. The van der Waals surface area contributed by atoms with Gasteiger partial charge in [-0.15, -0.1) is 0 Å². The highest BCUT2D eigenvalue weighted by Gasteiger charge is 2.15. The Hall–Kier alpha value is 0.300. The molecule has 1 heterocycles. The van der Waals surface area contributed by atoms with Gasteiger partial charge in [-0.05, 0) is 37.2 Å². The number of halogens is 1. The summed E-state index contributed by atoms with van der Waals surface area (Å²) in [5, 5.41) is 2.96. The molecule has 2 nitrogen and oxygen atoms in total. The molecule has 76 valence electrons. The molecule has 0 saturated carbocycles. The molecule has 0 aliphatic carbocycles. The molecular weight excluding hydrogens is 250 g/mol. The standard InChI is InChI=1S/C9H16BrNOS/c1-7(10)9(12)11-6-8-2-4-13-5-3-8/h7-8H,2-6H2,1H3,(H,11,12). The van der Waals surface area contributed by atoms with Crippen LogP contribution in [0.25, 0.3) is 0 Å². The SMILES string of the molecule is CC(Br)C(=O)NCC1CCSCC1. The van der Waals surface area contributed by atoms with E-state index in [-0.39, 0.29) is 10.7 Å². The first-order valence-corrected chi connectivity index (χ1v) is 6.76. The predicted octanol–water partition coefficient (Wildman–Crippen LogP) is 2.03. The Morgan fingerprint density at radius 1 is 1.62 bits per heavy atom. The number of carbonyl (C=O) groups excluding carboxylic acids is 1. The summed E-state index contributed by atoms with van der Waals surface area (Å²) in [5.74, 6) is 3.32. The van der Waals surface area contributed by atoms with Gasteiger partial charge in [0.1, 0.15) is 0 Å². The maximum atomic E-state index is 11.2. The minimum atomic E-state index is -0.0644. The van der Waals surface area contributed by atoms with Crippen LogP contribution in [0.15, 0.2) is 0 Å². The Morgan fingerprint density at radius 3 is 2.77 bits per heavy atom.